The third-order valence-electron chi connectivity index (χ3n) is 3.02. The number of amides is 1. The molecule has 24 heavy (non-hydrogen) atoms. The zero-order valence-electron chi connectivity index (χ0n) is 12.6. The van der Waals surface area contributed by atoms with Crippen molar-refractivity contribution in [2.45, 2.75) is 12.5 Å². The second kappa shape index (κ2) is 8.43. The van der Waals surface area contributed by atoms with Gasteiger partial charge in [0.25, 0.3) is 0 Å². The molecule has 0 radical (unpaired) electrons. The number of aliphatic carboxylic acids is 1. The van der Waals surface area contributed by atoms with Crippen LogP contribution in [0, 0.1) is 0 Å². The van der Waals surface area contributed by atoms with Crippen LogP contribution in [0.15, 0.2) is 23.6 Å². The second-order valence-corrected chi connectivity index (χ2v) is 6.56. The molecule has 0 aliphatic rings. The van der Waals surface area contributed by atoms with E-state index >= 15 is 0 Å². The minimum atomic E-state index is -1.16. The number of carboxylic acids is 1. The van der Waals surface area contributed by atoms with Gasteiger partial charge in [-0.25, -0.2) is 9.78 Å². The smallest absolute Gasteiger partial charge is 0.328 e. The Labute approximate surface area is 152 Å². The zero-order valence-corrected chi connectivity index (χ0v) is 14.9. The van der Waals surface area contributed by atoms with E-state index in [1.807, 2.05) is 0 Å². The maximum absolute atomic E-state index is 12.0. The number of nitrogens with one attached hydrogen (secondary N) is 1. The van der Waals surface area contributed by atoms with Gasteiger partial charge in [0.05, 0.1) is 23.7 Å². The van der Waals surface area contributed by atoms with E-state index in [9.17, 15) is 9.59 Å². The van der Waals surface area contributed by atoms with Crippen molar-refractivity contribution in [1.29, 1.82) is 0 Å². The number of nitrogens with zero attached hydrogens (tertiary/aromatic N) is 1. The molecule has 1 aromatic carbocycles. The lowest BCUT2D eigenvalue weighted by molar-refractivity contribution is -0.143. The fourth-order valence-corrected chi connectivity index (χ4v) is 3.34. The molecule has 9 heteroatoms. The molecule has 0 saturated heterocycles. The van der Waals surface area contributed by atoms with E-state index in [1.54, 1.807) is 23.6 Å². The van der Waals surface area contributed by atoms with E-state index in [4.69, 9.17) is 33.0 Å². The largest absolute Gasteiger partial charge is 0.480 e. The van der Waals surface area contributed by atoms with Crippen molar-refractivity contribution < 1.29 is 19.4 Å². The number of hydrogen-bond acceptors (Lipinski definition) is 5. The van der Waals surface area contributed by atoms with E-state index < -0.39 is 17.9 Å². The second-order valence-electron chi connectivity index (χ2n) is 4.86. The molecule has 1 aromatic heterocycles. The number of carboxylic acid groups (broad SMARTS) is 1. The molecule has 2 aromatic rings. The summed E-state index contributed by atoms with van der Waals surface area (Å²) in [6.45, 7) is -0.107. The van der Waals surface area contributed by atoms with E-state index in [2.05, 4.69) is 10.3 Å². The Morgan fingerprint density at radius 3 is 2.79 bits per heavy atom. The summed E-state index contributed by atoms with van der Waals surface area (Å²) in [6, 6.07) is 3.99. The van der Waals surface area contributed by atoms with Gasteiger partial charge in [0.2, 0.25) is 5.91 Å². The maximum atomic E-state index is 12.0. The van der Waals surface area contributed by atoms with Gasteiger partial charge in [-0.2, -0.15) is 0 Å². The molecule has 1 amide bonds. The molecular weight excluding hydrogens is 375 g/mol. The molecule has 2 N–H and O–H groups in total. The lowest BCUT2D eigenvalue weighted by atomic mass is 10.2. The first-order valence-corrected chi connectivity index (χ1v) is 8.45. The highest BCUT2D eigenvalue weighted by molar-refractivity contribution is 7.13. The molecule has 0 spiro atoms. The molecule has 0 aliphatic heterocycles. The predicted octanol–water partition coefficient (Wildman–Crippen LogP) is 2.88. The highest BCUT2D eigenvalue weighted by Gasteiger charge is 2.20. The molecule has 1 unspecified atom stereocenters. The molecule has 1 atom stereocenters. The van der Waals surface area contributed by atoms with E-state index in [0.717, 1.165) is 5.56 Å². The van der Waals surface area contributed by atoms with Crippen molar-refractivity contribution in [1.82, 2.24) is 10.3 Å². The van der Waals surface area contributed by atoms with Crippen LogP contribution in [0.2, 0.25) is 10.0 Å². The number of methoxy groups -OCH3 is 1. The summed E-state index contributed by atoms with van der Waals surface area (Å²) in [5.41, 5.74) is 1.25. The Balaban J connectivity index is 2.05. The minimum Gasteiger partial charge on any atom is -0.480 e. The van der Waals surface area contributed by atoms with Gasteiger partial charge in [0, 0.05) is 23.1 Å². The van der Waals surface area contributed by atoms with Gasteiger partial charge < -0.3 is 15.2 Å². The molecule has 0 fully saturated rings. The molecule has 128 valence electrons. The monoisotopic (exact) mass is 388 g/mol. The van der Waals surface area contributed by atoms with Crippen LogP contribution in [0.1, 0.15) is 5.69 Å². The molecule has 0 aliphatic carbocycles. The minimum absolute atomic E-state index is 0.0325. The van der Waals surface area contributed by atoms with Crippen molar-refractivity contribution in [2.24, 2.45) is 0 Å². The summed E-state index contributed by atoms with van der Waals surface area (Å²) in [4.78, 5) is 27.3. The van der Waals surface area contributed by atoms with Crippen LogP contribution in [-0.4, -0.2) is 41.7 Å². The van der Waals surface area contributed by atoms with Crippen LogP contribution < -0.4 is 5.32 Å². The van der Waals surface area contributed by atoms with Gasteiger partial charge in [0.1, 0.15) is 5.01 Å². The van der Waals surface area contributed by atoms with Crippen molar-refractivity contribution in [2.75, 3.05) is 13.7 Å². The Hall–Kier alpha value is -1.67. The number of hydrogen-bond donors (Lipinski definition) is 2. The quantitative estimate of drug-likeness (QED) is 0.760. The van der Waals surface area contributed by atoms with Gasteiger partial charge in [0.15, 0.2) is 6.04 Å². The molecule has 0 saturated carbocycles. The van der Waals surface area contributed by atoms with Crippen molar-refractivity contribution in [3.05, 3.63) is 39.3 Å². The summed E-state index contributed by atoms with van der Waals surface area (Å²) >= 11 is 13.3. The van der Waals surface area contributed by atoms with Gasteiger partial charge in [-0.3, -0.25) is 4.79 Å². The van der Waals surface area contributed by atoms with E-state index in [-0.39, 0.29) is 13.0 Å². The maximum Gasteiger partial charge on any atom is 0.328 e. The number of carbonyl (C=O) groups is 2. The van der Waals surface area contributed by atoms with E-state index in [1.165, 1.54) is 18.4 Å². The summed E-state index contributed by atoms with van der Waals surface area (Å²) in [5.74, 6) is -1.60. The van der Waals surface area contributed by atoms with Crippen molar-refractivity contribution >= 4 is 46.4 Å². The number of carbonyl (C=O) groups excluding carboxylic acids is 1. The average Bonchev–Trinajstić information content (AvgIpc) is 2.94. The highest BCUT2D eigenvalue weighted by Crippen LogP contribution is 2.32. The highest BCUT2D eigenvalue weighted by atomic mass is 35.5. The Morgan fingerprint density at radius 2 is 2.17 bits per heavy atom. The number of aromatic nitrogens is 1. The molecule has 1 heterocycles. The van der Waals surface area contributed by atoms with Gasteiger partial charge in [-0.05, 0) is 18.2 Å². The molecule has 0 bridgehead atoms. The number of halogens is 2. The molecule has 2 rings (SSSR count). The van der Waals surface area contributed by atoms with Crippen LogP contribution in [0.25, 0.3) is 10.6 Å². The summed E-state index contributed by atoms with van der Waals surface area (Å²) in [6.07, 6.45) is -0.0325. The Morgan fingerprint density at radius 1 is 1.42 bits per heavy atom. The third-order valence-corrected chi connectivity index (χ3v) is 4.49. The number of ether oxygens (including phenoxy) is 1. The normalized spacial score (nSPS) is 12.0. The fourth-order valence-electron chi connectivity index (χ4n) is 1.93. The summed E-state index contributed by atoms with van der Waals surface area (Å²) in [7, 11) is 1.37. The average molecular weight is 389 g/mol. The van der Waals surface area contributed by atoms with Crippen molar-refractivity contribution in [3.63, 3.8) is 0 Å². The van der Waals surface area contributed by atoms with Gasteiger partial charge >= 0.3 is 5.97 Å². The van der Waals surface area contributed by atoms with Gasteiger partial charge in [-0.1, -0.05) is 23.2 Å². The predicted molar refractivity (Wildman–Crippen MR) is 92.7 cm³/mol. The molecule has 6 nitrogen and oxygen atoms in total. The SMILES string of the molecule is COCC(NC(=O)Cc1csc(-c2ccc(Cl)cc2Cl)n1)C(=O)O. The lowest BCUT2D eigenvalue weighted by Crippen LogP contribution is -2.44. The number of benzene rings is 1. The fraction of sp³-hybridized carbons (Fsp3) is 0.267. The first-order chi connectivity index (χ1) is 11.4. The van der Waals surface area contributed by atoms with Crippen LogP contribution in [0.3, 0.4) is 0 Å². The zero-order chi connectivity index (χ0) is 17.7. The van der Waals surface area contributed by atoms with Crippen LogP contribution in [-0.2, 0) is 20.7 Å². The lowest BCUT2D eigenvalue weighted by Gasteiger charge is -2.12. The Bertz CT molecular complexity index is 751. The standard InChI is InChI=1S/C15H14Cl2N2O4S/c1-23-6-12(15(21)22)19-13(20)5-9-7-24-14(18-9)10-3-2-8(16)4-11(10)17/h2-4,7,12H,5-6H2,1H3,(H,19,20)(H,21,22). The van der Waals surface area contributed by atoms with Crippen molar-refractivity contribution in [3.8, 4) is 10.6 Å². The summed E-state index contributed by atoms with van der Waals surface area (Å²) in [5, 5.41) is 14.8. The topological polar surface area (TPSA) is 88.5 Å². The van der Waals surface area contributed by atoms with Crippen LogP contribution in [0.5, 0.6) is 0 Å². The molecular formula is C15H14Cl2N2O4S. The van der Waals surface area contributed by atoms with Crippen LogP contribution in [0.4, 0.5) is 0 Å². The first-order valence-electron chi connectivity index (χ1n) is 6.81. The summed E-state index contributed by atoms with van der Waals surface area (Å²) < 4.78 is 4.77. The Kier molecular flexibility index (Phi) is 6.56. The van der Waals surface area contributed by atoms with Gasteiger partial charge in [-0.15, -0.1) is 11.3 Å². The van der Waals surface area contributed by atoms with E-state index in [0.29, 0.717) is 20.7 Å². The number of thiazole rings is 1. The number of rotatable bonds is 7. The third kappa shape index (κ3) is 4.91. The van der Waals surface area contributed by atoms with Crippen LogP contribution >= 0.6 is 34.5 Å². The first kappa shape index (κ1) is 18.7.